The Morgan fingerprint density at radius 1 is 0.587 bits per heavy atom. The number of carboxylic acids is 2. The minimum atomic E-state index is -1.51. The largest absolute Gasteiger partial charge is 0.490 e. The molecule has 2 saturated heterocycles. The van der Waals surface area contributed by atoms with Crippen molar-refractivity contribution < 1.29 is 77.5 Å². The molecule has 7 amide bonds. The summed E-state index contributed by atoms with van der Waals surface area (Å²) in [6, 6.07) is 28.2. The second kappa shape index (κ2) is 35.3. The highest BCUT2D eigenvalue weighted by Gasteiger charge is 2.48. The van der Waals surface area contributed by atoms with E-state index in [1.54, 1.807) is 97.3 Å². The molecule has 6 aliphatic heterocycles. The third kappa shape index (κ3) is 20.4. The standard InChI is InChI=1S/C79H95N9O16/c1-45(80-7)67(90)42-61(47(3)89)75(97)88-44-60-41-66(88)74(96)83-62(37-50-21-25-52-15-9-11-17-55(52)34-50)68(91)39-57(77(99)100)33-48-19-27-54(28-20-48)71(93)82-58-40-65(87(43-58)76(98)69(79(4,5)6)86-70(92)46(2)81-8)73(95)84-63(38-51-22-26-53-16-10-12-18-56(53)35-51)72(94)85-64(78(101)102)36-49-23-29-59(30-24-49)103-31-13-14-32-104-60/h9-30,34-35,45-47,57-58,60-66,69,80-81,89H,31-33,36-44H2,1-8H3,(H,82,93)(H,83,96)(H,84,95)(H,85,94)(H,86,92)(H,99,100)(H,101,102)/b14-13+/t45-,46-,47?,57+,58-,60-,61-,62-,63-,64-,65-,66-,69+/m0/s1. The lowest BCUT2D eigenvalue weighted by Gasteiger charge is -2.36. The van der Waals surface area contributed by atoms with Gasteiger partial charge in [-0.25, -0.2) is 4.79 Å². The number of carbonyl (C=O) groups excluding carboxylic acids is 9. The van der Waals surface area contributed by atoms with Gasteiger partial charge in [0.05, 0.1) is 48.8 Å². The maximum absolute atomic E-state index is 15.2. The van der Waals surface area contributed by atoms with Crippen LogP contribution in [0.15, 0.2) is 146 Å². The summed E-state index contributed by atoms with van der Waals surface area (Å²) < 4.78 is 12.2. The van der Waals surface area contributed by atoms with E-state index >= 15 is 9.59 Å². The van der Waals surface area contributed by atoms with E-state index in [0.29, 0.717) is 28.0 Å². The molecule has 6 aromatic carbocycles. The first-order valence-electron chi connectivity index (χ1n) is 35.3. The van der Waals surface area contributed by atoms with Crippen LogP contribution in [0, 0.1) is 17.3 Å². The van der Waals surface area contributed by atoms with Crippen LogP contribution in [-0.4, -0.2) is 197 Å². The second-order valence-electron chi connectivity index (χ2n) is 28.5. The Hall–Kier alpha value is -10.2. The number of likely N-dealkylation sites (tertiary alicyclic amines) is 2. The number of benzene rings is 6. The zero-order chi connectivity index (χ0) is 75.1. The number of amides is 7. The Labute approximate surface area is 604 Å². The van der Waals surface area contributed by atoms with Crippen molar-refractivity contribution in [3.8, 4) is 5.75 Å². The lowest BCUT2D eigenvalue weighted by atomic mass is 9.85. The third-order valence-corrected chi connectivity index (χ3v) is 19.8. The summed E-state index contributed by atoms with van der Waals surface area (Å²) in [5.74, 6) is -10.8. The zero-order valence-corrected chi connectivity index (χ0v) is 59.9. The normalized spacial score (nSPS) is 23.1. The van der Waals surface area contributed by atoms with Crippen molar-refractivity contribution in [2.75, 3.05) is 40.4 Å². The Bertz CT molecular complexity index is 4160. The third-order valence-electron chi connectivity index (χ3n) is 19.8. The zero-order valence-electron chi connectivity index (χ0n) is 59.9. The number of hydrogen-bond donors (Lipinski definition) is 10. The van der Waals surface area contributed by atoms with Gasteiger partial charge in [0.15, 0.2) is 5.78 Å². The van der Waals surface area contributed by atoms with Crippen molar-refractivity contribution in [2.24, 2.45) is 17.3 Å². The molecule has 25 heteroatoms. The number of nitrogens with one attached hydrogen (secondary N) is 7. The van der Waals surface area contributed by atoms with Gasteiger partial charge in [0, 0.05) is 56.8 Å². The van der Waals surface area contributed by atoms with Gasteiger partial charge >= 0.3 is 11.9 Å². The number of aliphatic carboxylic acids is 2. The highest BCUT2D eigenvalue weighted by Crippen LogP contribution is 2.31. The van der Waals surface area contributed by atoms with Gasteiger partial charge in [0.2, 0.25) is 35.4 Å². The molecule has 6 aromatic rings. The van der Waals surface area contributed by atoms with Crippen LogP contribution in [0.5, 0.6) is 5.75 Å². The molecule has 1 unspecified atom stereocenters. The van der Waals surface area contributed by atoms with Crippen molar-refractivity contribution >= 4 is 86.4 Å². The summed E-state index contributed by atoms with van der Waals surface area (Å²) in [4.78, 5) is 160. The molecule has 0 saturated carbocycles. The molecule has 104 heavy (non-hydrogen) atoms. The van der Waals surface area contributed by atoms with E-state index in [4.69, 9.17) is 9.47 Å². The second-order valence-corrected chi connectivity index (χ2v) is 28.5. The summed E-state index contributed by atoms with van der Waals surface area (Å²) in [6.45, 7) is 9.53. The number of ketones is 2. The molecule has 13 atom stereocenters. The number of carbonyl (C=O) groups is 11. The van der Waals surface area contributed by atoms with Gasteiger partial charge < -0.3 is 71.8 Å². The Morgan fingerprint density at radius 2 is 1.13 bits per heavy atom. The van der Waals surface area contributed by atoms with E-state index in [9.17, 15) is 58.5 Å². The first-order chi connectivity index (χ1) is 49.6. The van der Waals surface area contributed by atoms with Gasteiger partial charge in [0.1, 0.15) is 48.3 Å². The monoisotopic (exact) mass is 1430 g/mol. The van der Waals surface area contributed by atoms with Crippen LogP contribution >= 0.6 is 0 Å². The van der Waals surface area contributed by atoms with Crippen molar-refractivity contribution in [3.63, 3.8) is 0 Å². The fraction of sp³-hybridized carbons (Fsp3) is 0.430. The average molecular weight is 1430 g/mol. The molecule has 0 spiro atoms. The van der Waals surface area contributed by atoms with E-state index in [1.165, 1.54) is 41.0 Å². The minimum absolute atomic E-state index is 0.0131. The van der Waals surface area contributed by atoms with Gasteiger partial charge in [-0.3, -0.25) is 47.9 Å². The number of Topliss-reactive ketones (excluding diaryl/α,β-unsaturated/α-hetero) is 2. The Morgan fingerprint density at radius 3 is 1.71 bits per heavy atom. The SMILES string of the molecule is CN[C@@H](C)C(=O)C[C@H](C(=O)N1C[C@@H]2C[C@H]1C(=O)N[C@@H](Cc1ccc3ccccc3c1)C(=O)C[C@H](C(=O)O)Cc1ccc(cc1)C(=O)N[C@H]1C[C@@H](C(=O)N[C@@H](Cc3ccc4ccccc4c3)C(=O)N[C@H](C(=O)O)Cc3ccc(cc3)OC/C=C/CO2)N(C(=O)[C@@H](NC(=O)[C@H](C)NC)C(C)(C)C)C1)C(C)O. The molecule has 6 heterocycles. The van der Waals surface area contributed by atoms with Crippen LogP contribution in [0.3, 0.4) is 0 Å². The van der Waals surface area contributed by atoms with Crippen LogP contribution < -0.4 is 42.0 Å². The first kappa shape index (κ1) is 77.9. The molecular formula is C79H95N9O16. The first-order valence-corrected chi connectivity index (χ1v) is 35.3. The number of hydrogen-bond acceptors (Lipinski definition) is 16. The van der Waals surface area contributed by atoms with Gasteiger partial charge in [0.25, 0.3) is 5.91 Å². The van der Waals surface area contributed by atoms with Crippen molar-refractivity contribution in [1.82, 2.24) is 47.0 Å². The summed E-state index contributed by atoms with van der Waals surface area (Å²) in [6.07, 6.45) is -0.475. The van der Waals surface area contributed by atoms with Gasteiger partial charge in [-0.15, -0.1) is 0 Å². The summed E-state index contributed by atoms with van der Waals surface area (Å²) in [7, 11) is 3.17. The van der Waals surface area contributed by atoms with Gasteiger partial charge in [-0.05, 0) is 134 Å². The van der Waals surface area contributed by atoms with Gasteiger partial charge in [-0.1, -0.05) is 136 Å². The van der Waals surface area contributed by atoms with Crippen LogP contribution in [-0.2, 0) is 78.4 Å². The fourth-order valence-electron chi connectivity index (χ4n) is 13.4. The van der Waals surface area contributed by atoms with Crippen molar-refractivity contribution in [3.05, 3.63) is 173 Å². The van der Waals surface area contributed by atoms with Crippen LogP contribution in [0.1, 0.15) is 99.8 Å². The lowest BCUT2D eigenvalue weighted by Crippen LogP contribution is -2.61. The smallest absolute Gasteiger partial charge is 0.326 e. The number of aliphatic hydroxyl groups is 1. The van der Waals surface area contributed by atoms with Crippen molar-refractivity contribution in [1.29, 1.82) is 0 Å². The molecule has 10 N–H and O–H groups in total. The number of nitrogens with zero attached hydrogens (tertiary/aromatic N) is 2. The molecule has 0 aromatic heterocycles. The van der Waals surface area contributed by atoms with E-state index in [1.807, 2.05) is 72.8 Å². The summed E-state index contributed by atoms with van der Waals surface area (Å²) >= 11 is 0. The molecule has 552 valence electrons. The predicted molar refractivity (Wildman–Crippen MR) is 389 cm³/mol. The van der Waals surface area contributed by atoms with E-state index in [-0.39, 0.29) is 82.6 Å². The lowest BCUT2D eigenvalue weighted by molar-refractivity contribution is -0.147. The average Bonchev–Trinajstić information content (AvgIpc) is 1.65. The fourth-order valence-corrected chi connectivity index (χ4v) is 13.4. The molecular weight excluding hydrogens is 1330 g/mol. The maximum Gasteiger partial charge on any atom is 0.326 e. The van der Waals surface area contributed by atoms with E-state index in [2.05, 4.69) is 37.2 Å². The number of aliphatic hydroxyl groups excluding tert-OH is 1. The van der Waals surface area contributed by atoms with Crippen molar-refractivity contribution in [2.45, 2.75) is 159 Å². The number of likely N-dealkylation sites (N-methyl/N-ethyl adjacent to an activating group) is 2. The summed E-state index contributed by atoms with van der Waals surface area (Å²) in [5, 5.41) is 55.9. The van der Waals surface area contributed by atoms with Crippen LogP contribution in [0.25, 0.3) is 21.5 Å². The number of ether oxygens (including phenoxy) is 2. The number of rotatable bonds is 16. The maximum atomic E-state index is 15.2. The summed E-state index contributed by atoms with van der Waals surface area (Å²) in [5.41, 5.74) is 1.36. The van der Waals surface area contributed by atoms with Crippen LogP contribution in [0.2, 0.25) is 0 Å². The topological polar surface area (TPSA) is 358 Å². The quantitative estimate of drug-likeness (QED) is 0.0582. The van der Waals surface area contributed by atoms with E-state index < -0.39 is 149 Å². The molecule has 8 bridgehead atoms. The minimum Gasteiger partial charge on any atom is -0.490 e. The molecule has 0 radical (unpaired) electrons. The van der Waals surface area contributed by atoms with Crippen LogP contribution in [0.4, 0.5) is 0 Å². The molecule has 25 nitrogen and oxygen atoms in total. The molecule has 6 aliphatic rings. The Kier molecular flexibility index (Phi) is 26.5. The predicted octanol–water partition coefficient (Wildman–Crippen LogP) is 4.80. The van der Waals surface area contributed by atoms with Gasteiger partial charge in [-0.2, -0.15) is 0 Å². The Balaban J connectivity index is 1.05. The molecule has 12 rings (SSSR count). The number of fused-ring (bicyclic) bond motifs is 2. The van der Waals surface area contributed by atoms with E-state index in [0.717, 1.165) is 21.5 Å². The highest BCUT2D eigenvalue weighted by atomic mass is 16.5. The number of carboxylic acid groups (broad SMARTS) is 2. The molecule has 2 fully saturated rings. The molecule has 0 aliphatic carbocycles. The highest BCUT2D eigenvalue weighted by molar-refractivity contribution is 5.99.